The summed E-state index contributed by atoms with van der Waals surface area (Å²) in [6.45, 7) is 3.95. The number of aryl methyl sites for hydroxylation is 1. The first-order valence-electron chi connectivity index (χ1n) is 8.81. The molecule has 1 atom stereocenters. The number of hydrogen-bond acceptors (Lipinski definition) is 4. The van der Waals surface area contributed by atoms with E-state index in [1.807, 2.05) is 73.8 Å². The second-order valence-corrected chi connectivity index (χ2v) is 7.51. The minimum Gasteiger partial charge on any atom is -0.459 e. The Kier molecular flexibility index (Phi) is 4.54. The van der Waals surface area contributed by atoms with E-state index in [-0.39, 0.29) is 11.9 Å². The minimum absolute atomic E-state index is 0.0372. The zero-order valence-electron chi connectivity index (χ0n) is 15.5. The highest BCUT2D eigenvalue weighted by atomic mass is 32.1. The van der Waals surface area contributed by atoms with E-state index in [1.165, 1.54) is 0 Å². The van der Waals surface area contributed by atoms with Gasteiger partial charge in [-0.1, -0.05) is 30.3 Å². The number of carbonyl (C=O) groups is 1. The first-order chi connectivity index (χ1) is 13.0. The van der Waals surface area contributed by atoms with Crippen LogP contribution in [0.5, 0.6) is 0 Å². The highest BCUT2D eigenvalue weighted by Crippen LogP contribution is 2.28. The van der Waals surface area contributed by atoms with E-state index in [1.54, 1.807) is 23.3 Å². The fourth-order valence-corrected chi connectivity index (χ4v) is 3.82. The maximum atomic E-state index is 12.9. The van der Waals surface area contributed by atoms with Gasteiger partial charge in [0, 0.05) is 34.6 Å². The normalized spacial score (nSPS) is 12.3. The predicted octanol–water partition coefficient (Wildman–Crippen LogP) is 5.70. The Morgan fingerprint density at radius 3 is 2.56 bits per heavy atom. The molecule has 2 heterocycles. The average molecular weight is 376 g/mol. The molecule has 0 aliphatic heterocycles. The number of furan rings is 1. The lowest BCUT2D eigenvalue weighted by Crippen LogP contribution is -2.29. The molecule has 4 aromatic rings. The second-order valence-electron chi connectivity index (χ2n) is 6.65. The fraction of sp³-hybridized carbons (Fsp3) is 0.182. The van der Waals surface area contributed by atoms with Crippen molar-refractivity contribution in [2.24, 2.45) is 0 Å². The zero-order chi connectivity index (χ0) is 19.0. The topological polar surface area (TPSA) is 46.3 Å². The molecule has 0 saturated carbocycles. The van der Waals surface area contributed by atoms with Crippen molar-refractivity contribution in [3.05, 3.63) is 77.0 Å². The van der Waals surface area contributed by atoms with E-state index < -0.39 is 0 Å². The van der Waals surface area contributed by atoms with E-state index in [0.29, 0.717) is 5.56 Å². The lowest BCUT2D eigenvalue weighted by molar-refractivity contribution is 0.0727. The van der Waals surface area contributed by atoms with Gasteiger partial charge < -0.3 is 9.32 Å². The van der Waals surface area contributed by atoms with Gasteiger partial charge in [-0.2, -0.15) is 0 Å². The third kappa shape index (κ3) is 3.38. The molecule has 0 spiro atoms. The molecule has 0 aliphatic rings. The number of benzene rings is 2. The van der Waals surface area contributed by atoms with Crippen molar-refractivity contribution in [2.75, 3.05) is 7.05 Å². The van der Waals surface area contributed by atoms with Crippen molar-refractivity contribution >= 4 is 28.2 Å². The van der Waals surface area contributed by atoms with Gasteiger partial charge in [0.15, 0.2) is 0 Å². The average Bonchev–Trinajstić information content (AvgIpc) is 3.32. The Balaban J connectivity index is 1.54. The Morgan fingerprint density at radius 1 is 1.15 bits per heavy atom. The fourth-order valence-electron chi connectivity index (χ4n) is 3.02. The second kappa shape index (κ2) is 7.00. The molecule has 0 saturated heterocycles. The summed E-state index contributed by atoms with van der Waals surface area (Å²) in [5.74, 6) is 0.742. The summed E-state index contributed by atoms with van der Waals surface area (Å²) in [6, 6.07) is 17.3. The summed E-state index contributed by atoms with van der Waals surface area (Å²) < 4.78 is 5.92. The Bertz CT molecular complexity index is 1060. The number of hydrogen-bond donors (Lipinski definition) is 0. The molecular weight excluding hydrogens is 356 g/mol. The molecule has 27 heavy (non-hydrogen) atoms. The van der Waals surface area contributed by atoms with Crippen LogP contribution in [-0.2, 0) is 0 Å². The van der Waals surface area contributed by atoms with Crippen LogP contribution >= 0.6 is 11.3 Å². The van der Waals surface area contributed by atoms with Crippen LogP contribution in [0.15, 0.2) is 64.4 Å². The summed E-state index contributed by atoms with van der Waals surface area (Å²) in [5.41, 5.74) is 3.52. The number of aromatic nitrogens is 1. The smallest absolute Gasteiger partial charge is 0.254 e. The van der Waals surface area contributed by atoms with E-state index in [4.69, 9.17) is 4.42 Å². The molecule has 0 bridgehead atoms. The van der Waals surface area contributed by atoms with Gasteiger partial charge in [0.05, 0.1) is 6.04 Å². The maximum Gasteiger partial charge on any atom is 0.254 e. The SMILES string of the molecule is Cc1csc(-c2ccc(C(=O)N(C)C(C)c3cc4ccccc4o3)cc2)n1. The van der Waals surface area contributed by atoms with Gasteiger partial charge in [0.25, 0.3) is 5.91 Å². The van der Waals surface area contributed by atoms with Crippen LogP contribution in [0, 0.1) is 6.92 Å². The summed E-state index contributed by atoms with van der Waals surface area (Å²) in [6.07, 6.45) is 0. The lowest BCUT2D eigenvalue weighted by Gasteiger charge is -2.23. The van der Waals surface area contributed by atoms with Crippen molar-refractivity contribution in [3.8, 4) is 10.6 Å². The first-order valence-corrected chi connectivity index (χ1v) is 9.69. The number of fused-ring (bicyclic) bond motifs is 1. The predicted molar refractivity (Wildman–Crippen MR) is 109 cm³/mol. The van der Waals surface area contributed by atoms with Gasteiger partial charge in [-0.15, -0.1) is 11.3 Å². The van der Waals surface area contributed by atoms with Crippen LogP contribution in [0.1, 0.15) is 34.8 Å². The number of para-hydroxylation sites is 1. The lowest BCUT2D eigenvalue weighted by atomic mass is 10.1. The standard InChI is InChI=1S/C22H20N2O2S/c1-14-13-27-21(23-14)16-8-10-17(11-9-16)22(25)24(3)15(2)20-12-18-6-4-5-7-19(18)26-20/h4-13,15H,1-3H3. The van der Waals surface area contributed by atoms with E-state index in [2.05, 4.69) is 4.98 Å². The Hall–Kier alpha value is -2.92. The van der Waals surface area contributed by atoms with Gasteiger partial charge in [-0.25, -0.2) is 4.98 Å². The Labute approximate surface area is 162 Å². The number of nitrogens with zero attached hydrogens (tertiary/aromatic N) is 2. The molecule has 2 aromatic carbocycles. The Morgan fingerprint density at radius 2 is 1.89 bits per heavy atom. The largest absolute Gasteiger partial charge is 0.459 e. The van der Waals surface area contributed by atoms with Gasteiger partial charge in [0.1, 0.15) is 16.4 Å². The van der Waals surface area contributed by atoms with Crippen molar-refractivity contribution in [3.63, 3.8) is 0 Å². The van der Waals surface area contributed by atoms with Crippen molar-refractivity contribution in [2.45, 2.75) is 19.9 Å². The van der Waals surface area contributed by atoms with E-state index in [0.717, 1.165) is 33.0 Å². The summed E-state index contributed by atoms with van der Waals surface area (Å²) >= 11 is 1.61. The molecule has 4 rings (SSSR count). The quantitative estimate of drug-likeness (QED) is 0.459. The van der Waals surface area contributed by atoms with Crippen LogP contribution in [0.3, 0.4) is 0 Å². The number of amides is 1. The monoisotopic (exact) mass is 376 g/mol. The van der Waals surface area contributed by atoms with Gasteiger partial charge >= 0.3 is 0 Å². The third-order valence-corrected chi connectivity index (χ3v) is 5.76. The minimum atomic E-state index is -0.161. The van der Waals surface area contributed by atoms with Gasteiger partial charge in [-0.05, 0) is 38.1 Å². The third-order valence-electron chi connectivity index (χ3n) is 4.76. The summed E-state index contributed by atoms with van der Waals surface area (Å²) in [5, 5.41) is 4.04. The van der Waals surface area contributed by atoms with Crippen molar-refractivity contribution < 1.29 is 9.21 Å². The van der Waals surface area contributed by atoms with Crippen LogP contribution in [-0.4, -0.2) is 22.8 Å². The van der Waals surface area contributed by atoms with E-state index >= 15 is 0 Å². The van der Waals surface area contributed by atoms with Crippen molar-refractivity contribution in [1.82, 2.24) is 9.88 Å². The van der Waals surface area contributed by atoms with Gasteiger partial charge in [0.2, 0.25) is 0 Å². The number of rotatable bonds is 4. The molecule has 0 radical (unpaired) electrons. The van der Waals surface area contributed by atoms with Crippen molar-refractivity contribution in [1.29, 1.82) is 0 Å². The molecule has 0 aliphatic carbocycles. The van der Waals surface area contributed by atoms with E-state index in [9.17, 15) is 4.79 Å². The van der Waals surface area contributed by atoms with Crippen LogP contribution in [0.2, 0.25) is 0 Å². The number of carbonyl (C=O) groups excluding carboxylic acids is 1. The summed E-state index contributed by atoms with van der Waals surface area (Å²) in [4.78, 5) is 19.1. The van der Waals surface area contributed by atoms with Crippen LogP contribution in [0.25, 0.3) is 21.5 Å². The first kappa shape index (κ1) is 17.5. The molecule has 0 N–H and O–H groups in total. The summed E-state index contributed by atoms with van der Waals surface area (Å²) in [7, 11) is 1.80. The molecule has 0 fully saturated rings. The highest BCUT2D eigenvalue weighted by molar-refractivity contribution is 7.13. The number of thiazole rings is 1. The molecule has 1 unspecified atom stereocenters. The molecule has 5 heteroatoms. The molecule has 4 nitrogen and oxygen atoms in total. The molecule has 1 amide bonds. The van der Waals surface area contributed by atoms with Crippen LogP contribution in [0.4, 0.5) is 0 Å². The highest BCUT2D eigenvalue weighted by Gasteiger charge is 2.22. The van der Waals surface area contributed by atoms with Crippen LogP contribution < -0.4 is 0 Å². The maximum absolute atomic E-state index is 12.9. The molecular formula is C22H20N2O2S. The molecule has 136 valence electrons. The zero-order valence-corrected chi connectivity index (χ0v) is 16.3. The molecule has 2 aromatic heterocycles. The van der Waals surface area contributed by atoms with Gasteiger partial charge in [-0.3, -0.25) is 4.79 Å².